The van der Waals surface area contributed by atoms with Crippen molar-refractivity contribution in [2.75, 3.05) is 18.6 Å². The van der Waals surface area contributed by atoms with Crippen molar-refractivity contribution >= 4 is 27.9 Å². The van der Waals surface area contributed by atoms with E-state index in [9.17, 15) is 13.2 Å². The molecule has 19 heavy (non-hydrogen) atoms. The number of aliphatic carboxylic acids is 1. The minimum Gasteiger partial charge on any atom is -0.480 e. The van der Waals surface area contributed by atoms with Gasteiger partial charge < -0.3 is 5.11 Å². The van der Waals surface area contributed by atoms with Crippen molar-refractivity contribution in [3.8, 4) is 0 Å². The monoisotopic (exact) mass is 310 g/mol. The van der Waals surface area contributed by atoms with Crippen molar-refractivity contribution in [3.63, 3.8) is 0 Å². The largest absolute Gasteiger partial charge is 0.480 e. The van der Waals surface area contributed by atoms with Crippen LogP contribution in [0.5, 0.6) is 0 Å². The van der Waals surface area contributed by atoms with Gasteiger partial charge in [-0.2, -0.15) is 29.2 Å². The highest BCUT2D eigenvalue weighted by molar-refractivity contribution is 7.98. The normalized spacial score (nSPS) is 23.2. The molecule has 2 unspecified atom stereocenters. The maximum absolute atomic E-state index is 12.3. The van der Waals surface area contributed by atoms with Crippen molar-refractivity contribution in [1.29, 1.82) is 0 Å². The summed E-state index contributed by atoms with van der Waals surface area (Å²) in [5.41, 5.74) is 0. The molecule has 0 aromatic heterocycles. The smallest absolute Gasteiger partial charge is 0.322 e. The molecule has 0 spiro atoms. The van der Waals surface area contributed by atoms with Gasteiger partial charge in [0.15, 0.2) is 0 Å². The molecule has 6 nitrogen and oxygen atoms in total. The molecule has 1 aliphatic heterocycles. The Bertz CT molecular complexity index is 399. The highest BCUT2D eigenvalue weighted by atomic mass is 32.2. The fraction of sp³-hybridized carbons (Fsp3) is 0.909. The van der Waals surface area contributed by atoms with Gasteiger partial charge in [0.2, 0.25) is 0 Å². The van der Waals surface area contributed by atoms with Gasteiger partial charge in [-0.05, 0) is 31.9 Å². The van der Waals surface area contributed by atoms with Gasteiger partial charge in [-0.3, -0.25) is 4.79 Å². The number of nitrogens with zero attached hydrogens (tertiary/aromatic N) is 1. The Morgan fingerprint density at radius 1 is 1.53 bits per heavy atom. The highest BCUT2D eigenvalue weighted by Crippen LogP contribution is 2.20. The number of hydrogen-bond acceptors (Lipinski definition) is 4. The topological polar surface area (TPSA) is 86.7 Å². The lowest BCUT2D eigenvalue weighted by molar-refractivity contribution is -0.142. The Morgan fingerprint density at radius 2 is 2.21 bits per heavy atom. The number of carbonyl (C=O) groups is 1. The molecule has 1 saturated heterocycles. The molecule has 8 heteroatoms. The van der Waals surface area contributed by atoms with Crippen LogP contribution < -0.4 is 4.72 Å². The third kappa shape index (κ3) is 4.62. The first-order valence-electron chi connectivity index (χ1n) is 6.43. The Hall–Kier alpha value is -0.310. The summed E-state index contributed by atoms with van der Waals surface area (Å²) in [5.74, 6) is -0.385. The van der Waals surface area contributed by atoms with Crippen molar-refractivity contribution in [2.24, 2.45) is 0 Å². The van der Waals surface area contributed by atoms with Crippen LogP contribution in [0.3, 0.4) is 0 Å². The summed E-state index contributed by atoms with van der Waals surface area (Å²) < 4.78 is 28.3. The molecule has 0 aliphatic carbocycles. The van der Waals surface area contributed by atoms with Crippen LogP contribution in [-0.2, 0) is 15.0 Å². The lowest BCUT2D eigenvalue weighted by Gasteiger charge is -2.33. The number of thioether (sulfide) groups is 1. The number of hydrogen-bond donors (Lipinski definition) is 2. The molecular formula is C11H22N2O4S2. The lowest BCUT2D eigenvalue weighted by Crippen LogP contribution is -2.54. The first-order valence-corrected chi connectivity index (χ1v) is 9.26. The average Bonchev–Trinajstić information content (AvgIpc) is 2.38. The van der Waals surface area contributed by atoms with E-state index < -0.39 is 22.2 Å². The first kappa shape index (κ1) is 16.7. The summed E-state index contributed by atoms with van der Waals surface area (Å²) in [6.07, 6.45) is 4.45. The molecule has 0 radical (unpaired) electrons. The van der Waals surface area contributed by atoms with Crippen molar-refractivity contribution < 1.29 is 18.3 Å². The molecular weight excluding hydrogens is 288 g/mol. The molecule has 112 valence electrons. The maximum atomic E-state index is 12.3. The van der Waals surface area contributed by atoms with E-state index in [0.717, 1.165) is 10.7 Å². The standard InChI is InChI=1S/C11H22N2O4S2/c1-3-9(8-18-2)12-19(16,17)13-7-5-4-6-10(13)11(14)15/h9-10,12H,3-8H2,1-2H3,(H,14,15). The fourth-order valence-corrected chi connectivity index (χ4v) is 4.69. The fourth-order valence-electron chi connectivity index (χ4n) is 2.15. The second-order valence-corrected chi connectivity index (χ2v) is 7.21. The molecule has 0 aromatic carbocycles. The molecule has 0 amide bonds. The van der Waals surface area contributed by atoms with Crippen LogP contribution in [0.15, 0.2) is 0 Å². The number of rotatable bonds is 7. The van der Waals surface area contributed by atoms with E-state index in [-0.39, 0.29) is 12.6 Å². The van der Waals surface area contributed by atoms with E-state index in [1.54, 1.807) is 11.8 Å². The third-order valence-corrected chi connectivity index (χ3v) is 5.65. The van der Waals surface area contributed by atoms with Crippen molar-refractivity contribution in [1.82, 2.24) is 9.03 Å². The lowest BCUT2D eigenvalue weighted by atomic mass is 10.1. The Morgan fingerprint density at radius 3 is 2.74 bits per heavy atom. The Kier molecular flexibility index (Phi) is 6.58. The zero-order valence-corrected chi connectivity index (χ0v) is 13.0. The predicted octanol–water partition coefficient (Wildman–Crippen LogP) is 0.901. The molecule has 0 bridgehead atoms. The Balaban J connectivity index is 2.81. The van der Waals surface area contributed by atoms with E-state index in [0.29, 0.717) is 25.0 Å². The second-order valence-electron chi connectivity index (χ2n) is 4.64. The summed E-state index contributed by atoms with van der Waals surface area (Å²) in [4.78, 5) is 11.2. The molecule has 2 N–H and O–H groups in total. The van der Waals surface area contributed by atoms with Gasteiger partial charge in [-0.1, -0.05) is 6.92 Å². The number of carboxylic acids is 1. The highest BCUT2D eigenvalue weighted by Gasteiger charge is 2.37. The summed E-state index contributed by atoms with van der Waals surface area (Å²) >= 11 is 1.57. The van der Waals surface area contributed by atoms with E-state index in [1.165, 1.54) is 0 Å². The van der Waals surface area contributed by atoms with Gasteiger partial charge in [-0.25, -0.2) is 0 Å². The van der Waals surface area contributed by atoms with Gasteiger partial charge >= 0.3 is 5.97 Å². The SMILES string of the molecule is CCC(CSC)NS(=O)(=O)N1CCCCC1C(=O)O. The first-order chi connectivity index (χ1) is 8.92. The summed E-state index contributed by atoms with van der Waals surface area (Å²) in [6, 6.07) is -1.09. The molecule has 1 heterocycles. The maximum Gasteiger partial charge on any atom is 0.322 e. The van der Waals surface area contributed by atoms with Gasteiger partial charge in [-0.15, -0.1) is 0 Å². The summed E-state index contributed by atoms with van der Waals surface area (Å²) in [7, 11) is -3.72. The van der Waals surface area contributed by atoms with Gasteiger partial charge in [0.1, 0.15) is 6.04 Å². The van der Waals surface area contributed by atoms with E-state index >= 15 is 0 Å². The van der Waals surface area contributed by atoms with Crippen LogP contribution in [0.1, 0.15) is 32.6 Å². The third-order valence-electron chi connectivity index (χ3n) is 3.22. The predicted molar refractivity (Wildman–Crippen MR) is 76.5 cm³/mol. The number of carboxylic acid groups (broad SMARTS) is 1. The molecule has 1 rings (SSSR count). The van der Waals surface area contributed by atoms with E-state index in [1.807, 2.05) is 13.2 Å². The van der Waals surface area contributed by atoms with E-state index in [2.05, 4.69) is 4.72 Å². The molecule has 1 fully saturated rings. The van der Waals surface area contributed by atoms with Crippen LogP contribution in [0.4, 0.5) is 0 Å². The minimum atomic E-state index is -3.72. The number of nitrogens with one attached hydrogen (secondary N) is 1. The van der Waals surface area contributed by atoms with Crippen LogP contribution in [0, 0.1) is 0 Å². The molecule has 1 aliphatic rings. The van der Waals surface area contributed by atoms with Crippen LogP contribution >= 0.6 is 11.8 Å². The van der Waals surface area contributed by atoms with Gasteiger partial charge in [0.05, 0.1) is 0 Å². The minimum absolute atomic E-state index is 0.156. The van der Waals surface area contributed by atoms with Crippen LogP contribution in [0.25, 0.3) is 0 Å². The van der Waals surface area contributed by atoms with Crippen LogP contribution in [0.2, 0.25) is 0 Å². The quantitative estimate of drug-likeness (QED) is 0.729. The van der Waals surface area contributed by atoms with Gasteiger partial charge in [0, 0.05) is 18.3 Å². The average molecular weight is 310 g/mol. The second kappa shape index (κ2) is 7.47. The zero-order chi connectivity index (χ0) is 14.5. The van der Waals surface area contributed by atoms with E-state index in [4.69, 9.17) is 5.11 Å². The molecule has 0 saturated carbocycles. The van der Waals surface area contributed by atoms with Gasteiger partial charge in [0.25, 0.3) is 10.2 Å². The molecule has 2 atom stereocenters. The van der Waals surface area contributed by atoms with Crippen molar-refractivity contribution in [3.05, 3.63) is 0 Å². The summed E-state index contributed by atoms with van der Waals surface area (Å²) in [5, 5.41) is 9.13. The summed E-state index contributed by atoms with van der Waals surface area (Å²) in [6.45, 7) is 2.19. The molecule has 0 aromatic rings. The Labute approximate surface area is 119 Å². The van der Waals surface area contributed by atoms with Crippen molar-refractivity contribution in [2.45, 2.75) is 44.7 Å². The zero-order valence-electron chi connectivity index (χ0n) is 11.3. The number of piperidine rings is 1. The van der Waals surface area contributed by atoms with Crippen LogP contribution in [-0.4, -0.2) is 54.4 Å².